The molecule has 31 heavy (non-hydrogen) atoms. The first-order valence-electron chi connectivity index (χ1n) is 8.27. The first kappa shape index (κ1) is 41.7. The second-order valence-corrected chi connectivity index (χ2v) is 4.68. The summed E-state index contributed by atoms with van der Waals surface area (Å²) >= 11 is 0. The average molecular weight is 1280 g/mol. The van der Waals surface area contributed by atoms with Crippen molar-refractivity contribution in [1.82, 2.24) is 4.98 Å². The quantitative estimate of drug-likeness (QED) is 0.428. The molecule has 2 radical (unpaired) electrons. The maximum Gasteiger partial charge on any atom is 0.124 e. The summed E-state index contributed by atoms with van der Waals surface area (Å²) in [5, 5.41) is 25.5. The minimum atomic E-state index is -1.12. The third kappa shape index (κ3) is 22.5. The molecule has 0 aliphatic carbocycles. The summed E-state index contributed by atoms with van der Waals surface area (Å²) in [6.45, 7) is 5.44. The second-order valence-electron chi connectivity index (χ2n) is 4.68. The zero-order valence-corrected chi connectivity index (χ0v) is 36.1. The van der Waals surface area contributed by atoms with Crippen molar-refractivity contribution in [3.8, 4) is 5.75 Å². The van der Waals surface area contributed by atoms with Crippen LogP contribution < -0.4 is 0 Å². The van der Waals surface area contributed by atoms with Crippen molar-refractivity contribution < 1.29 is 65.8 Å². The van der Waals surface area contributed by atoms with Gasteiger partial charge in [-0.05, 0) is 31.2 Å². The monoisotopic (exact) mass is 1290 g/mol. The molecule has 1 atom stereocenters. The van der Waals surface area contributed by atoms with E-state index in [1.165, 1.54) is 19.1 Å². The summed E-state index contributed by atoms with van der Waals surface area (Å²) in [6.07, 6.45) is 1.26. The first-order chi connectivity index (χ1) is 12.8. The molecule has 0 fully saturated rings. The van der Waals surface area contributed by atoms with E-state index in [0.29, 0.717) is 6.42 Å². The van der Waals surface area contributed by atoms with E-state index in [0.717, 1.165) is 5.69 Å². The van der Waals surface area contributed by atoms with Crippen LogP contribution in [0.25, 0.3) is 11.5 Å². The number of nitrogens with zero attached hydrogens (tertiary/aromatic N) is 1. The molecule has 0 aliphatic rings. The van der Waals surface area contributed by atoms with Crippen LogP contribution in [0.2, 0.25) is 0 Å². The predicted molar refractivity (Wildman–Crippen MR) is 104 cm³/mol. The number of aliphatic hydroxyl groups is 2. The summed E-state index contributed by atoms with van der Waals surface area (Å²) in [5.41, 5.74) is 13.8. The van der Waals surface area contributed by atoms with Gasteiger partial charge in [-0.15, -0.1) is 0 Å². The topological polar surface area (TPSA) is 155 Å². The number of aliphatic hydroxyl groups excluding tert-OH is 2. The number of carbonyl (C=O) groups is 2. The van der Waals surface area contributed by atoms with Gasteiger partial charge < -0.3 is 36.4 Å². The van der Waals surface area contributed by atoms with Gasteiger partial charge in [-0.1, -0.05) is 32.0 Å². The molecule has 1 heterocycles. The molecule has 1 aromatic heterocycles. The largest absolute Gasteiger partial charge is 0.666 e. The minimum absolute atomic E-state index is 0. The number of aromatic hydroxyl groups is 1. The molecule has 1 aromatic carbocycles. The third-order valence-electron chi connectivity index (χ3n) is 2.62. The third-order valence-corrected chi connectivity index (χ3v) is 2.62. The summed E-state index contributed by atoms with van der Waals surface area (Å²) in [5.74, 6) is -1.93. The van der Waals surface area contributed by atoms with Gasteiger partial charge in [0.2, 0.25) is 0 Å². The molecular weight excluding hydrogens is 1260 g/mol. The van der Waals surface area contributed by atoms with Crippen molar-refractivity contribution in [3.63, 3.8) is 0 Å². The Morgan fingerprint density at radius 1 is 1.00 bits per heavy atom. The Bertz CT molecular complexity index is 670. The van der Waals surface area contributed by atoms with Crippen molar-refractivity contribution in [2.24, 2.45) is 0 Å². The van der Waals surface area contributed by atoms with Crippen LogP contribution >= 0.6 is 0 Å². The van der Waals surface area contributed by atoms with Crippen molar-refractivity contribution >= 4 is 11.8 Å². The number of benzene rings is 1. The average Bonchev–Trinajstić information content (AvgIpc) is 2.65. The Labute approximate surface area is 199 Å². The zero-order valence-electron chi connectivity index (χ0n) is 17.9. The van der Waals surface area contributed by atoms with Crippen LogP contribution in [0.15, 0.2) is 48.7 Å². The van der Waals surface area contributed by atoms with E-state index in [-0.39, 0.29) is 58.8 Å². The van der Waals surface area contributed by atoms with Crippen LogP contribution in [0.3, 0.4) is 0 Å². The van der Waals surface area contributed by atoms with Crippen molar-refractivity contribution in [1.29, 1.82) is 0 Å². The van der Waals surface area contributed by atoms with Crippen molar-refractivity contribution in [2.75, 3.05) is 6.61 Å². The van der Waals surface area contributed by atoms with Gasteiger partial charge in [0.25, 0.3) is 0 Å². The number of pyridine rings is 1. The minimum Gasteiger partial charge on any atom is -0.666 e. The van der Waals surface area contributed by atoms with E-state index in [1.807, 2.05) is 32.0 Å². The molecule has 0 aliphatic heterocycles. The van der Waals surface area contributed by atoms with E-state index in [1.54, 1.807) is 18.3 Å². The van der Waals surface area contributed by atoms with Crippen molar-refractivity contribution in [2.45, 2.75) is 33.3 Å². The van der Waals surface area contributed by atoms with Crippen LogP contribution in [-0.4, -0.2) is 44.8 Å². The summed E-state index contributed by atoms with van der Waals surface area (Å²) in [4.78, 5) is 23.9. The standard InChI is InChI=1S/C7H7NO2.C7H9NO.C3H7NO2.C2H6.2Re.2Rf/c8-7(10)5-3-1-2-4-6(5)9;9-6-4-7-3-1-2-5-8-7;1-2(5)3(4)6;1-2;;;;/h1-4H,(H3,8,9,10);1-3,5,9H,4,6H2;2,5H,1H3,(H2,4,6);1-2H3;;;;/p-2. The second kappa shape index (κ2) is 26.4. The Morgan fingerprint density at radius 2 is 1.45 bits per heavy atom. The Kier molecular flexibility index (Phi) is 35.4. The number of phenols is 1. The van der Waals surface area contributed by atoms with Crippen LogP contribution in [-0.2, 0) is 52.1 Å². The zero-order chi connectivity index (χ0) is 21.2. The maximum atomic E-state index is 10.4. The predicted octanol–water partition coefficient (Wildman–Crippen LogP) is 3.17. The summed E-state index contributed by atoms with van der Waals surface area (Å²) in [7, 11) is 0. The molecule has 0 saturated heterocycles. The molecule has 0 saturated carbocycles. The van der Waals surface area contributed by atoms with E-state index in [4.69, 9.17) is 26.8 Å². The first-order valence-corrected chi connectivity index (χ1v) is 8.27. The molecule has 168 valence electrons. The molecule has 1 unspecified atom stereocenters. The Morgan fingerprint density at radius 3 is 1.74 bits per heavy atom. The maximum absolute atomic E-state index is 10.4. The fourth-order valence-electron chi connectivity index (χ4n) is 1.33. The number of amides is 2. The number of carbonyl (C=O) groups excluding carboxylic acids is 2. The van der Waals surface area contributed by atoms with Crippen LogP contribution in [0, 0.1) is 0 Å². The Hall–Kier alpha value is -3.65. The fraction of sp³-hybridized carbons (Fsp3) is 0.316. The smallest absolute Gasteiger partial charge is 0.124 e. The van der Waals surface area contributed by atoms with Crippen molar-refractivity contribution in [3.05, 3.63) is 71.4 Å². The summed E-state index contributed by atoms with van der Waals surface area (Å²) in [6, 6.07) is 11.7. The van der Waals surface area contributed by atoms with Crippen LogP contribution in [0.1, 0.15) is 36.8 Å². The van der Waals surface area contributed by atoms with Gasteiger partial charge in [-0.3, -0.25) is 4.98 Å². The molecule has 0 bridgehead atoms. The Balaban J connectivity index is -0.0000000700. The molecule has 8 nitrogen and oxygen atoms in total. The van der Waals surface area contributed by atoms with Gasteiger partial charge in [-0.2, -0.15) is 0 Å². The molecule has 2 rings (SSSR count). The van der Waals surface area contributed by atoms with Crippen LogP contribution in [0.5, 0.6) is 5.75 Å². The van der Waals surface area contributed by atoms with E-state index < -0.39 is 17.9 Å². The fourth-order valence-corrected chi connectivity index (χ4v) is 1.33. The normalized spacial score (nSPS) is 8.55. The van der Waals surface area contributed by atoms with Gasteiger partial charge >= 0.3 is 0 Å². The van der Waals surface area contributed by atoms with Gasteiger partial charge in [0.15, 0.2) is 0 Å². The number of aromatic nitrogens is 1. The van der Waals surface area contributed by atoms with Gasteiger partial charge in [0, 0.05) is 71.3 Å². The summed E-state index contributed by atoms with van der Waals surface area (Å²) < 4.78 is 0. The molecular formula is C19H27N3O5Re2Rf2-2. The van der Waals surface area contributed by atoms with E-state index in [9.17, 15) is 9.59 Å². The molecule has 2 amide bonds. The number of para-hydroxylation sites is 1. The SMILES string of the molecule is CC.CC(O)C([NH-])=O.OCCc1ccccn1.[NH-]C(=O)c1ccccc1O.[Re].[Re].[Rf].[Rf]. The van der Waals surface area contributed by atoms with E-state index >= 15 is 0 Å². The van der Waals surface area contributed by atoms with Gasteiger partial charge in [0.05, 0.1) is 17.9 Å². The molecule has 12 heteroatoms. The van der Waals surface area contributed by atoms with Gasteiger partial charge in [0.1, 0.15) is 5.75 Å². The van der Waals surface area contributed by atoms with E-state index in [2.05, 4.69) is 4.98 Å². The van der Waals surface area contributed by atoms with Crippen LogP contribution in [0.4, 0.5) is 0 Å². The number of nitrogens with one attached hydrogen (secondary N) is 2. The molecule has 0 spiro atoms. The van der Waals surface area contributed by atoms with Gasteiger partial charge in [-0.25, -0.2) is 0 Å². The number of phenolic OH excluding ortho intramolecular Hbond substituents is 1. The number of hydrogen-bond donors (Lipinski definition) is 3. The number of rotatable bonds is 4. The number of hydrogen-bond acceptors (Lipinski definition) is 6. The molecule has 2 aromatic rings. The molecule has 5 N–H and O–H groups in total.